The number of carbonyl (C=O) groups excluding carboxylic acids is 1. The summed E-state index contributed by atoms with van der Waals surface area (Å²) in [6.45, 7) is 1.02. The minimum absolute atomic E-state index is 0.0281. The molecule has 1 amide bonds. The van der Waals surface area contributed by atoms with Crippen molar-refractivity contribution in [3.05, 3.63) is 0 Å². The van der Waals surface area contributed by atoms with Crippen LogP contribution in [0.4, 0.5) is 0 Å². The highest BCUT2D eigenvalue weighted by Gasteiger charge is 2.37. The van der Waals surface area contributed by atoms with Crippen molar-refractivity contribution >= 4 is 11.9 Å². The molecule has 3 atom stereocenters. The average Bonchev–Trinajstić information content (AvgIpc) is 2.84. The Morgan fingerprint density at radius 3 is 2.31 bits per heavy atom. The molecule has 0 spiro atoms. The van der Waals surface area contributed by atoms with Gasteiger partial charge in [0.15, 0.2) is 0 Å². The van der Waals surface area contributed by atoms with E-state index in [9.17, 15) is 14.7 Å². The maximum absolute atomic E-state index is 12.0. The Labute approximate surface area is 94.0 Å². The van der Waals surface area contributed by atoms with Gasteiger partial charge in [0, 0.05) is 19.0 Å². The highest BCUT2D eigenvalue weighted by molar-refractivity contribution is 5.81. The smallest absolute Gasteiger partial charge is 0.306 e. The third-order valence-corrected chi connectivity index (χ3v) is 3.61. The maximum Gasteiger partial charge on any atom is 0.306 e. The molecule has 0 radical (unpaired) electrons. The van der Waals surface area contributed by atoms with Gasteiger partial charge in [0.1, 0.15) is 0 Å². The minimum Gasteiger partial charge on any atom is -0.481 e. The summed E-state index contributed by atoms with van der Waals surface area (Å²) >= 11 is 0. The predicted octanol–water partition coefficient (Wildman–Crippen LogP) is 0.0805. The van der Waals surface area contributed by atoms with E-state index in [1.807, 2.05) is 0 Å². The van der Waals surface area contributed by atoms with Crippen LogP contribution in [-0.2, 0) is 9.59 Å². The number of β-amino-alcohol motifs (C(OH)–C–C–N with tert-alkyl or cyclic N) is 1. The molecular formula is C11H17NO4. The molecule has 0 aromatic carbocycles. The molecule has 1 heterocycles. The van der Waals surface area contributed by atoms with Crippen LogP contribution in [0, 0.1) is 11.8 Å². The van der Waals surface area contributed by atoms with Crippen LogP contribution >= 0.6 is 0 Å². The molecule has 0 aromatic rings. The van der Waals surface area contributed by atoms with Crippen molar-refractivity contribution in [2.24, 2.45) is 11.8 Å². The number of likely N-dealkylation sites (tertiary alicyclic amines) is 1. The quantitative estimate of drug-likeness (QED) is 0.700. The van der Waals surface area contributed by atoms with Crippen molar-refractivity contribution in [1.29, 1.82) is 0 Å². The van der Waals surface area contributed by atoms with Crippen LogP contribution in [0.1, 0.15) is 25.7 Å². The zero-order chi connectivity index (χ0) is 11.7. The third kappa shape index (κ3) is 2.19. The minimum atomic E-state index is -0.795. The van der Waals surface area contributed by atoms with Crippen LogP contribution in [0.5, 0.6) is 0 Å². The van der Waals surface area contributed by atoms with E-state index in [0.717, 1.165) is 0 Å². The zero-order valence-electron chi connectivity index (χ0n) is 9.13. The SMILES string of the molecule is O=C(O)[C@H]1CC[C@@H](C(=O)N2CC[C@@H](O)C2)C1. The van der Waals surface area contributed by atoms with Gasteiger partial charge in [-0.2, -0.15) is 0 Å². The van der Waals surface area contributed by atoms with E-state index in [2.05, 4.69) is 0 Å². The number of carbonyl (C=O) groups is 2. The number of carboxylic acid groups (broad SMARTS) is 1. The van der Waals surface area contributed by atoms with E-state index in [-0.39, 0.29) is 17.7 Å². The molecule has 1 aliphatic heterocycles. The molecule has 1 saturated heterocycles. The first-order valence-electron chi connectivity index (χ1n) is 5.77. The van der Waals surface area contributed by atoms with Crippen molar-refractivity contribution in [3.8, 4) is 0 Å². The Hall–Kier alpha value is -1.10. The summed E-state index contributed by atoms with van der Waals surface area (Å²) in [5, 5.41) is 18.2. The second kappa shape index (κ2) is 4.41. The second-order valence-corrected chi connectivity index (χ2v) is 4.77. The van der Waals surface area contributed by atoms with E-state index in [1.54, 1.807) is 4.90 Å². The molecule has 5 heteroatoms. The van der Waals surface area contributed by atoms with Gasteiger partial charge in [-0.1, -0.05) is 0 Å². The van der Waals surface area contributed by atoms with E-state index < -0.39 is 12.1 Å². The van der Waals surface area contributed by atoms with Gasteiger partial charge in [-0.25, -0.2) is 0 Å². The summed E-state index contributed by atoms with van der Waals surface area (Å²) in [6.07, 6.45) is 1.96. The first-order valence-corrected chi connectivity index (χ1v) is 5.77. The lowest BCUT2D eigenvalue weighted by Gasteiger charge is -2.19. The molecule has 2 N–H and O–H groups in total. The fourth-order valence-corrected chi connectivity index (χ4v) is 2.63. The Balaban J connectivity index is 1.89. The summed E-state index contributed by atoms with van der Waals surface area (Å²) in [5.41, 5.74) is 0. The highest BCUT2D eigenvalue weighted by atomic mass is 16.4. The third-order valence-electron chi connectivity index (χ3n) is 3.61. The standard InChI is InChI=1S/C11H17NO4/c13-9-3-4-12(6-9)10(14)7-1-2-8(5-7)11(15)16/h7-9,13H,1-6H2,(H,15,16)/t7-,8+,9-/m1/s1. The van der Waals surface area contributed by atoms with Crippen molar-refractivity contribution in [2.75, 3.05) is 13.1 Å². The number of rotatable bonds is 2. The van der Waals surface area contributed by atoms with Crippen LogP contribution in [-0.4, -0.2) is 46.2 Å². The van der Waals surface area contributed by atoms with E-state index in [4.69, 9.17) is 5.11 Å². The largest absolute Gasteiger partial charge is 0.481 e. The van der Waals surface area contributed by atoms with Gasteiger partial charge in [0.2, 0.25) is 5.91 Å². The Morgan fingerprint density at radius 2 is 1.81 bits per heavy atom. The van der Waals surface area contributed by atoms with Gasteiger partial charge in [-0.05, 0) is 25.7 Å². The number of nitrogens with zero attached hydrogens (tertiary/aromatic N) is 1. The van der Waals surface area contributed by atoms with Crippen molar-refractivity contribution in [3.63, 3.8) is 0 Å². The van der Waals surface area contributed by atoms with Gasteiger partial charge in [-0.3, -0.25) is 9.59 Å². The number of hydrogen-bond donors (Lipinski definition) is 2. The van der Waals surface area contributed by atoms with Gasteiger partial charge < -0.3 is 15.1 Å². The molecule has 0 bridgehead atoms. The van der Waals surface area contributed by atoms with Crippen LogP contribution in [0.25, 0.3) is 0 Å². The lowest BCUT2D eigenvalue weighted by molar-refractivity contribution is -0.141. The molecule has 0 aromatic heterocycles. The number of carboxylic acids is 1. The lowest BCUT2D eigenvalue weighted by Crippen LogP contribution is -2.34. The zero-order valence-corrected chi connectivity index (χ0v) is 9.13. The van der Waals surface area contributed by atoms with Crippen molar-refractivity contribution < 1.29 is 19.8 Å². The van der Waals surface area contributed by atoms with Crippen LogP contribution in [0.3, 0.4) is 0 Å². The Kier molecular flexibility index (Phi) is 3.14. The number of aliphatic hydroxyl groups is 1. The maximum atomic E-state index is 12.0. The van der Waals surface area contributed by atoms with E-state index in [1.165, 1.54) is 0 Å². The van der Waals surface area contributed by atoms with Crippen molar-refractivity contribution in [1.82, 2.24) is 4.90 Å². The lowest BCUT2D eigenvalue weighted by atomic mass is 10.0. The number of aliphatic hydroxyl groups excluding tert-OH is 1. The van der Waals surface area contributed by atoms with E-state index >= 15 is 0 Å². The molecule has 0 unspecified atom stereocenters. The van der Waals surface area contributed by atoms with Gasteiger partial charge >= 0.3 is 5.97 Å². The molecule has 90 valence electrons. The first-order chi connectivity index (χ1) is 7.58. The van der Waals surface area contributed by atoms with Crippen LogP contribution < -0.4 is 0 Å². The molecule has 1 aliphatic carbocycles. The summed E-state index contributed by atoms with van der Waals surface area (Å²) in [4.78, 5) is 24.4. The second-order valence-electron chi connectivity index (χ2n) is 4.77. The van der Waals surface area contributed by atoms with Crippen LogP contribution in [0.2, 0.25) is 0 Å². The summed E-state index contributed by atoms with van der Waals surface area (Å²) in [6, 6.07) is 0. The molecular weight excluding hydrogens is 210 g/mol. The summed E-state index contributed by atoms with van der Waals surface area (Å²) in [5.74, 6) is -1.27. The van der Waals surface area contributed by atoms with Crippen LogP contribution in [0.15, 0.2) is 0 Å². The topological polar surface area (TPSA) is 77.8 Å². The molecule has 2 fully saturated rings. The first kappa shape index (κ1) is 11.4. The normalized spacial score (nSPS) is 34.3. The van der Waals surface area contributed by atoms with Gasteiger partial charge in [0.05, 0.1) is 12.0 Å². The van der Waals surface area contributed by atoms with Gasteiger partial charge in [-0.15, -0.1) is 0 Å². The Morgan fingerprint density at radius 1 is 1.12 bits per heavy atom. The van der Waals surface area contributed by atoms with E-state index in [0.29, 0.717) is 38.8 Å². The molecule has 2 aliphatic rings. The number of hydrogen-bond acceptors (Lipinski definition) is 3. The average molecular weight is 227 g/mol. The summed E-state index contributed by atoms with van der Waals surface area (Å²) in [7, 11) is 0. The monoisotopic (exact) mass is 227 g/mol. The molecule has 5 nitrogen and oxygen atoms in total. The number of aliphatic carboxylic acids is 1. The predicted molar refractivity (Wildman–Crippen MR) is 55.7 cm³/mol. The highest BCUT2D eigenvalue weighted by Crippen LogP contribution is 2.33. The molecule has 2 rings (SSSR count). The number of amides is 1. The van der Waals surface area contributed by atoms with Gasteiger partial charge in [0.25, 0.3) is 0 Å². The molecule has 16 heavy (non-hydrogen) atoms. The molecule has 1 saturated carbocycles. The summed E-state index contributed by atoms with van der Waals surface area (Å²) < 4.78 is 0. The Bertz CT molecular complexity index is 304. The fourth-order valence-electron chi connectivity index (χ4n) is 2.63. The van der Waals surface area contributed by atoms with Crippen molar-refractivity contribution in [2.45, 2.75) is 31.8 Å². The fraction of sp³-hybridized carbons (Fsp3) is 0.818.